The average molecular weight is 436 g/mol. The Balaban J connectivity index is 1.80. The number of likely N-dealkylation sites (N-methyl/N-ethyl adjacent to an activating group) is 1. The van der Waals surface area contributed by atoms with Gasteiger partial charge in [-0.15, -0.1) is 0 Å². The highest BCUT2D eigenvalue weighted by atomic mass is 32.1. The lowest BCUT2D eigenvalue weighted by Crippen LogP contribution is -2.36. The molecular weight excluding hydrogens is 406 g/mol. The second kappa shape index (κ2) is 9.08. The predicted molar refractivity (Wildman–Crippen MR) is 128 cm³/mol. The summed E-state index contributed by atoms with van der Waals surface area (Å²) in [7, 11) is 5.86. The number of thiocarbonyl (C=S) groups is 1. The summed E-state index contributed by atoms with van der Waals surface area (Å²) in [6.45, 7) is 3.88. The number of rotatable bonds is 7. The first-order valence-electron chi connectivity index (χ1n) is 10.4. The molecule has 1 N–H and O–H groups in total. The molecule has 1 aliphatic heterocycles. The SMILES string of the molecule is COc1ccc(-n2c(C)ccc2[C@H]2[C@@H](c3ccccn3)NC(=S)N2CCN(C)C)cc1. The van der Waals surface area contributed by atoms with Crippen LogP contribution in [0.1, 0.15) is 29.2 Å². The topological polar surface area (TPSA) is 45.6 Å². The summed E-state index contributed by atoms with van der Waals surface area (Å²) in [5.41, 5.74) is 4.44. The monoisotopic (exact) mass is 435 g/mol. The minimum Gasteiger partial charge on any atom is -0.497 e. The van der Waals surface area contributed by atoms with Crippen LogP contribution in [0.3, 0.4) is 0 Å². The molecule has 0 bridgehead atoms. The summed E-state index contributed by atoms with van der Waals surface area (Å²) in [5, 5.41) is 4.31. The molecule has 1 fully saturated rings. The van der Waals surface area contributed by atoms with Crippen LogP contribution in [-0.4, -0.2) is 58.8 Å². The van der Waals surface area contributed by atoms with Gasteiger partial charge in [-0.2, -0.15) is 0 Å². The largest absolute Gasteiger partial charge is 0.497 e. The Bertz CT molecular complexity index is 1030. The van der Waals surface area contributed by atoms with E-state index in [4.69, 9.17) is 17.0 Å². The first kappa shape index (κ1) is 21.3. The molecule has 0 saturated carbocycles. The number of hydrogen-bond acceptors (Lipinski definition) is 4. The fourth-order valence-electron chi connectivity index (χ4n) is 4.15. The molecule has 0 spiro atoms. The van der Waals surface area contributed by atoms with Crippen molar-refractivity contribution in [1.82, 2.24) is 24.7 Å². The number of pyridine rings is 1. The molecule has 2 atom stereocenters. The lowest BCUT2D eigenvalue weighted by molar-refractivity contribution is 0.272. The minimum atomic E-state index is -0.0258. The number of nitrogens with one attached hydrogen (secondary N) is 1. The lowest BCUT2D eigenvalue weighted by Gasteiger charge is -2.30. The number of hydrogen-bond donors (Lipinski definition) is 1. The van der Waals surface area contributed by atoms with Crippen molar-refractivity contribution in [3.05, 3.63) is 77.9 Å². The third-order valence-electron chi connectivity index (χ3n) is 5.73. The molecular formula is C24H29N5OS. The third kappa shape index (κ3) is 4.29. The molecule has 162 valence electrons. The van der Waals surface area contributed by atoms with Crippen LogP contribution in [0.5, 0.6) is 5.75 Å². The van der Waals surface area contributed by atoms with Crippen LogP contribution in [0.2, 0.25) is 0 Å². The van der Waals surface area contributed by atoms with E-state index in [1.807, 2.05) is 30.5 Å². The predicted octanol–water partition coefficient (Wildman–Crippen LogP) is 3.72. The van der Waals surface area contributed by atoms with E-state index < -0.39 is 0 Å². The van der Waals surface area contributed by atoms with E-state index in [0.29, 0.717) is 0 Å². The number of aryl methyl sites for hydroxylation is 1. The van der Waals surface area contributed by atoms with Crippen LogP contribution in [0, 0.1) is 6.92 Å². The fourth-order valence-corrected chi connectivity index (χ4v) is 4.48. The lowest BCUT2D eigenvalue weighted by atomic mass is 10.0. The first-order chi connectivity index (χ1) is 15.0. The summed E-state index contributed by atoms with van der Waals surface area (Å²) in [5.74, 6) is 0.845. The molecule has 31 heavy (non-hydrogen) atoms. The van der Waals surface area contributed by atoms with E-state index >= 15 is 0 Å². The van der Waals surface area contributed by atoms with Gasteiger partial charge in [-0.05, 0) is 81.8 Å². The second-order valence-corrected chi connectivity index (χ2v) is 8.44. The third-order valence-corrected chi connectivity index (χ3v) is 6.08. The Morgan fingerprint density at radius 3 is 2.52 bits per heavy atom. The number of ether oxygens (including phenoxy) is 1. The zero-order chi connectivity index (χ0) is 22.0. The molecule has 7 heteroatoms. The maximum Gasteiger partial charge on any atom is 0.170 e. The Morgan fingerprint density at radius 2 is 1.87 bits per heavy atom. The molecule has 0 amide bonds. The molecule has 4 rings (SSSR count). The van der Waals surface area contributed by atoms with E-state index in [9.17, 15) is 0 Å². The van der Waals surface area contributed by atoms with Crippen molar-refractivity contribution < 1.29 is 4.74 Å². The van der Waals surface area contributed by atoms with Gasteiger partial charge in [0.05, 0.1) is 24.9 Å². The van der Waals surface area contributed by atoms with Crippen LogP contribution in [-0.2, 0) is 0 Å². The van der Waals surface area contributed by atoms with Gasteiger partial charge in [0, 0.05) is 36.4 Å². The summed E-state index contributed by atoms with van der Waals surface area (Å²) in [6, 6.07) is 18.6. The van der Waals surface area contributed by atoms with Crippen molar-refractivity contribution >= 4 is 17.3 Å². The molecule has 1 aromatic carbocycles. The van der Waals surface area contributed by atoms with Gasteiger partial charge in [-0.25, -0.2) is 0 Å². The number of aromatic nitrogens is 2. The van der Waals surface area contributed by atoms with Crippen LogP contribution >= 0.6 is 12.2 Å². The molecule has 0 unspecified atom stereocenters. The number of benzene rings is 1. The van der Waals surface area contributed by atoms with E-state index in [1.54, 1.807) is 7.11 Å². The van der Waals surface area contributed by atoms with Crippen molar-refractivity contribution in [2.45, 2.75) is 19.0 Å². The summed E-state index contributed by atoms with van der Waals surface area (Å²) >= 11 is 5.79. The summed E-state index contributed by atoms with van der Waals surface area (Å²) in [6.07, 6.45) is 1.84. The van der Waals surface area contributed by atoms with Gasteiger partial charge >= 0.3 is 0 Å². The van der Waals surface area contributed by atoms with E-state index in [1.165, 1.54) is 11.4 Å². The Kier molecular flexibility index (Phi) is 6.25. The molecule has 0 radical (unpaired) electrons. The Hall–Kier alpha value is -2.90. The zero-order valence-corrected chi connectivity index (χ0v) is 19.3. The molecule has 3 aromatic rings. The summed E-state index contributed by atoms with van der Waals surface area (Å²) in [4.78, 5) is 9.12. The normalized spacial score (nSPS) is 18.5. The minimum absolute atomic E-state index is 0.0258. The Morgan fingerprint density at radius 1 is 1.10 bits per heavy atom. The van der Waals surface area contributed by atoms with Gasteiger partial charge in [0.1, 0.15) is 5.75 Å². The van der Waals surface area contributed by atoms with Crippen LogP contribution in [0.25, 0.3) is 5.69 Å². The second-order valence-electron chi connectivity index (χ2n) is 8.06. The molecule has 0 aliphatic carbocycles. The van der Waals surface area contributed by atoms with Crippen molar-refractivity contribution in [2.24, 2.45) is 0 Å². The van der Waals surface area contributed by atoms with Gasteiger partial charge < -0.3 is 24.4 Å². The molecule has 1 aliphatic rings. The van der Waals surface area contributed by atoms with Crippen molar-refractivity contribution in [3.63, 3.8) is 0 Å². The molecule has 3 heterocycles. The maximum atomic E-state index is 5.79. The van der Waals surface area contributed by atoms with E-state index in [0.717, 1.165) is 35.3 Å². The number of nitrogens with zero attached hydrogens (tertiary/aromatic N) is 4. The van der Waals surface area contributed by atoms with Crippen LogP contribution < -0.4 is 10.1 Å². The number of methoxy groups -OCH3 is 1. The summed E-state index contributed by atoms with van der Waals surface area (Å²) < 4.78 is 7.65. The Labute approximate surface area is 189 Å². The fraction of sp³-hybridized carbons (Fsp3) is 0.333. The average Bonchev–Trinajstić information content (AvgIpc) is 3.32. The van der Waals surface area contributed by atoms with Crippen LogP contribution in [0.4, 0.5) is 0 Å². The molecule has 1 saturated heterocycles. The standard InChI is InChI=1S/C24H29N5OS/c1-17-8-13-21(29(17)18-9-11-19(30-4)12-10-18)23-22(20-7-5-6-14-25-20)26-24(31)28(23)16-15-27(2)3/h5-14,22-23H,15-16H2,1-4H3,(H,26,31)/t22-,23+/m1/s1. The van der Waals surface area contributed by atoms with Crippen molar-refractivity contribution in [3.8, 4) is 11.4 Å². The smallest absolute Gasteiger partial charge is 0.170 e. The molecule has 6 nitrogen and oxygen atoms in total. The molecule has 2 aromatic heterocycles. The first-order valence-corrected chi connectivity index (χ1v) is 10.9. The van der Waals surface area contributed by atoms with E-state index in [-0.39, 0.29) is 12.1 Å². The van der Waals surface area contributed by atoms with Gasteiger partial charge in [-0.3, -0.25) is 4.98 Å². The van der Waals surface area contributed by atoms with Crippen LogP contribution in [0.15, 0.2) is 60.8 Å². The van der Waals surface area contributed by atoms with Gasteiger partial charge in [0.2, 0.25) is 0 Å². The van der Waals surface area contributed by atoms with Gasteiger partial charge in [0.25, 0.3) is 0 Å². The maximum absolute atomic E-state index is 5.79. The quantitative estimate of drug-likeness (QED) is 0.571. The zero-order valence-electron chi connectivity index (χ0n) is 18.4. The highest BCUT2D eigenvalue weighted by Gasteiger charge is 2.41. The van der Waals surface area contributed by atoms with Gasteiger partial charge in [0.15, 0.2) is 5.11 Å². The van der Waals surface area contributed by atoms with Crippen molar-refractivity contribution in [2.75, 3.05) is 34.3 Å². The highest BCUT2D eigenvalue weighted by Crippen LogP contribution is 2.40. The van der Waals surface area contributed by atoms with Gasteiger partial charge in [-0.1, -0.05) is 6.07 Å². The highest BCUT2D eigenvalue weighted by molar-refractivity contribution is 7.80. The van der Waals surface area contributed by atoms with E-state index in [2.05, 4.69) is 76.0 Å². The van der Waals surface area contributed by atoms with Crippen molar-refractivity contribution in [1.29, 1.82) is 0 Å².